The fraction of sp³-hybridized carbons (Fsp3) is 1.00. The van der Waals surface area contributed by atoms with Gasteiger partial charge in [-0.15, -0.1) is 0 Å². The van der Waals surface area contributed by atoms with Crippen molar-refractivity contribution in [2.24, 2.45) is 0 Å². The highest BCUT2D eigenvalue weighted by Gasteiger charge is 2.00. The first-order valence-corrected chi connectivity index (χ1v) is 4.36. The van der Waals surface area contributed by atoms with E-state index < -0.39 is 10.1 Å². The lowest BCUT2D eigenvalue weighted by molar-refractivity contribution is 0.482. The van der Waals surface area contributed by atoms with Gasteiger partial charge in [-0.05, 0) is 12.2 Å². The summed E-state index contributed by atoms with van der Waals surface area (Å²) in [6.45, 7) is 0. The van der Waals surface area contributed by atoms with Crippen LogP contribution in [0.3, 0.4) is 0 Å². The van der Waals surface area contributed by atoms with Gasteiger partial charge < -0.3 is 0 Å². The molecule has 0 aliphatic heterocycles. The van der Waals surface area contributed by atoms with Gasteiger partial charge in [-0.1, -0.05) is 0 Å². The van der Waals surface area contributed by atoms with Gasteiger partial charge in [-0.25, -0.2) is 0 Å². The fourth-order valence-electron chi connectivity index (χ4n) is 0.247. The van der Waals surface area contributed by atoms with Crippen LogP contribution in [-0.4, -0.2) is 47.5 Å². The molecule has 0 aromatic carbocycles. The van der Waals surface area contributed by atoms with Gasteiger partial charge >= 0.3 is 23.1 Å². The second-order valence-electron chi connectivity index (χ2n) is 1.36. The van der Waals surface area contributed by atoms with Gasteiger partial charge in [0, 0.05) is 0 Å². The average Bonchev–Trinajstić information content (AvgIpc) is 1.59. The highest BCUT2D eigenvalue weighted by Crippen LogP contribution is 1.88. The minimum Gasteiger partial charge on any atom is -0.286 e. The summed E-state index contributed by atoms with van der Waals surface area (Å²) in [5, 5.41) is 0. The van der Waals surface area contributed by atoms with E-state index >= 15 is 0 Å². The number of rotatable bonds is 3. The molecule has 0 spiro atoms. The molecule has 6 heteroatoms. The smallest absolute Gasteiger partial charge is 0.286 e. The zero-order valence-corrected chi connectivity index (χ0v) is 5.95. The molecule has 0 aromatic rings. The molecule has 9 heavy (non-hydrogen) atoms. The summed E-state index contributed by atoms with van der Waals surface area (Å²) in [6.07, 6.45) is 0.405. The van der Waals surface area contributed by atoms with Gasteiger partial charge in [0.2, 0.25) is 0 Å². The van der Waals surface area contributed by atoms with Crippen LogP contribution in [0.4, 0.5) is 0 Å². The Morgan fingerprint density at radius 3 is 2.00 bits per heavy atom. The van der Waals surface area contributed by atoms with E-state index in [1.54, 1.807) is 0 Å². The van der Waals surface area contributed by atoms with E-state index in [9.17, 15) is 8.42 Å². The second kappa shape index (κ2) is 5.78. The molecule has 0 aliphatic carbocycles. The first-order valence-electron chi connectivity index (χ1n) is 2.12. The van der Waals surface area contributed by atoms with E-state index in [0.29, 0.717) is 12.2 Å². The highest BCUT2D eigenvalue weighted by atomic mass is 32.2. The third-order valence-corrected chi connectivity index (χ3v) is 1.68. The molecule has 0 radical (unpaired) electrons. The lowest BCUT2D eigenvalue weighted by Crippen LogP contribution is -2.03. The van der Waals surface area contributed by atoms with Crippen molar-refractivity contribution in [3.8, 4) is 0 Å². The van der Waals surface area contributed by atoms with Gasteiger partial charge in [0.05, 0.1) is 5.75 Å². The third kappa shape index (κ3) is 12.3. The Kier molecular flexibility index (Phi) is 8.15. The van der Waals surface area contributed by atoms with Gasteiger partial charge in [0.25, 0.3) is 10.1 Å². The molecule has 0 amide bonds. The molecule has 0 bridgehead atoms. The summed E-state index contributed by atoms with van der Waals surface area (Å²) in [7, 11) is -3.74. The van der Waals surface area contributed by atoms with Crippen LogP contribution in [0.2, 0.25) is 0 Å². The largest absolute Gasteiger partial charge is 0.316 e. The summed E-state index contributed by atoms with van der Waals surface area (Å²) in [4.78, 5) is 0. The second-order valence-corrected chi connectivity index (χ2v) is 3.38. The molecule has 0 fully saturated rings. The van der Waals surface area contributed by atoms with Crippen molar-refractivity contribution in [2.75, 3.05) is 11.5 Å². The van der Waals surface area contributed by atoms with Crippen molar-refractivity contribution in [3.63, 3.8) is 0 Å². The van der Waals surface area contributed by atoms with Crippen LogP contribution >= 0.6 is 12.6 Å². The Labute approximate surface area is 76.5 Å². The Morgan fingerprint density at radius 2 is 1.89 bits per heavy atom. The monoisotopic (exact) mass is 182 g/mol. The van der Waals surface area contributed by atoms with Crippen molar-refractivity contribution in [3.05, 3.63) is 0 Å². The SMILES string of the molecule is O=S(=O)(O)CCCS.[MgH2]. The Balaban J connectivity index is 0. The topological polar surface area (TPSA) is 54.4 Å². The zero-order chi connectivity index (χ0) is 6.62. The van der Waals surface area contributed by atoms with E-state index in [-0.39, 0.29) is 28.8 Å². The van der Waals surface area contributed by atoms with Crippen LogP contribution in [0.15, 0.2) is 0 Å². The van der Waals surface area contributed by atoms with Crippen LogP contribution in [-0.2, 0) is 10.1 Å². The standard InChI is InChI=1S/C3H8O3S2.Mg.2H/c4-8(5,6)3-1-2-7;;;/h7H,1-3H2,(H,4,5,6);;;. The number of thiol groups is 1. The molecule has 1 N–H and O–H groups in total. The maximum absolute atomic E-state index is 9.91. The summed E-state index contributed by atoms with van der Waals surface area (Å²) in [5.41, 5.74) is 0. The van der Waals surface area contributed by atoms with Gasteiger partial charge in [0.15, 0.2) is 0 Å². The molecule has 0 aliphatic rings. The summed E-state index contributed by atoms with van der Waals surface area (Å²) >= 11 is 3.76. The molecule has 54 valence electrons. The van der Waals surface area contributed by atoms with Crippen molar-refractivity contribution in [2.45, 2.75) is 6.42 Å². The van der Waals surface area contributed by atoms with Crippen LogP contribution < -0.4 is 0 Å². The van der Waals surface area contributed by atoms with E-state index in [1.165, 1.54) is 0 Å². The van der Waals surface area contributed by atoms with Crippen LogP contribution in [0, 0.1) is 0 Å². The van der Waals surface area contributed by atoms with Crippen molar-refractivity contribution in [1.82, 2.24) is 0 Å². The van der Waals surface area contributed by atoms with Crippen LogP contribution in [0.5, 0.6) is 0 Å². The number of hydrogen-bond donors (Lipinski definition) is 2. The van der Waals surface area contributed by atoms with Crippen LogP contribution in [0.25, 0.3) is 0 Å². The summed E-state index contributed by atoms with van der Waals surface area (Å²) in [6, 6.07) is 0. The highest BCUT2D eigenvalue weighted by molar-refractivity contribution is 7.85. The number of hydrogen-bond acceptors (Lipinski definition) is 3. The van der Waals surface area contributed by atoms with E-state index in [4.69, 9.17) is 4.55 Å². The van der Waals surface area contributed by atoms with Crippen molar-refractivity contribution in [1.29, 1.82) is 0 Å². The van der Waals surface area contributed by atoms with Gasteiger partial charge in [-0.3, -0.25) is 4.55 Å². The predicted octanol–water partition coefficient (Wildman–Crippen LogP) is -0.722. The maximum Gasteiger partial charge on any atom is 0.316 e. The minimum atomic E-state index is -3.74. The lowest BCUT2D eigenvalue weighted by atomic mass is 10.6. The summed E-state index contributed by atoms with van der Waals surface area (Å²) in [5.74, 6) is 0.302. The maximum atomic E-state index is 9.91. The predicted molar refractivity (Wildman–Crippen MR) is 43.4 cm³/mol. The molecule has 3 nitrogen and oxygen atoms in total. The molecule has 0 heterocycles. The molecule has 0 unspecified atom stereocenters. The minimum absolute atomic E-state index is 0. The van der Waals surface area contributed by atoms with E-state index in [2.05, 4.69) is 12.6 Å². The zero-order valence-electron chi connectivity index (χ0n) is 4.24. The summed E-state index contributed by atoms with van der Waals surface area (Å²) < 4.78 is 27.9. The van der Waals surface area contributed by atoms with Crippen molar-refractivity contribution < 1.29 is 13.0 Å². The van der Waals surface area contributed by atoms with Gasteiger partial charge in [-0.2, -0.15) is 21.0 Å². The first kappa shape index (κ1) is 12.7. The first-order chi connectivity index (χ1) is 3.56. The van der Waals surface area contributed by atoms with Crippen molar-refractivity contribution >= 4 is 45.8 Å². The molecule has 0 aromatic heterocycles. The Morgan fingerprint density at radius 1 is 1.44 bits per heavy atom. The average molecular weight is 183 g/mol. The molecule has 0 rings (SSSR count). The molecule has 0 saturated heterocycles. The fourth-order valence-corrected chi connectivity index (χ4v) is 1.13. The lowest BCUT2D eigenvalue weighted by Gasteiger charge is -1.89. The molecule has 0 atom stereocenters. The van der Waals surface area contributed by atoms with E-state index in [0.717, 1.165) is 0 Å². The van der Waals surface area contributed by atoms with Crippen LogP contribution in [0.1, 0.15) is 6.42 Å². The molecular weight excluding hydrogens is 172 g/mol. The van der Waals surface area contributed by atoms with E-state index in [1.807, 2.05) is 0 Å². The molecular formula is C3H10MgO3S2. The Hall–Kier alpha value is 1.03. The normalized spacial score (nSPS) is 10.4. The van der Waals surface area contributed by atoms with Gasteiger partial charge in [0.1, 0.15) is 0 Å². The third-order valence-electron chi connectivity index (χ3n) is 0.560. The quantitative estimate of drug-likeness (QED) is 0.344. The Bertz CT molecular complexity index is 141. The molecule has 0 saturated carbocycles.